The number of hydrogen-bond acceptors (Lipinski definition) is 4. The predicted octanol–water partition coefficient (Wildman–Crippen LogP) is 4.14. The molecule has 2 aliphatic rings. The van der Waals surface area contributed by atoms with Crippen molar-refractivity contribution in [1.82, 2.24) is 15.1 Å². The van der Waals surface area contributed by atoms with Crippen molar-refractivity contribution in [3.63, 3.8) is 0 Å². The maximum Gasteiger partial charge on any atom is 0.193 e. The molecule has 2 atom stereocenters. The molecule has 182 valence electrons. The number of piperidine rings is 1. The normalized spacial score (nSPS) is 21.3. The molecule has 6 nitrogen and oxygen atoms in total. The van der Waals surface area contributed by atoms with E-state index < -0.39 is 0 Å². The first-order chi connectivity index (χ1) is 15.2. The molecule has 0 aliphatic carbocycles. The zero-order valence-electron chi connectivity index (χ0n) is 20.2. The first-order valence-electron chi connectivity index (χ1n) is 12.1. The van der Waals surface area contributed by atoms with Crippen molar-refractivity contribution in [2.24, 2.45) is 4.99 Å². The van der Waals surface area contributed by atoms with Gasteiger partial charge < -0.3 is 19.7 Å². The molecule has 0 spiro atoms. The molecule has 1 aromatic rings. The van der Waals surface area contributed by atoms with E-state index in [0.717, 1.165) is 71.0 Å². The summed E-state index contributed by atoms with van der Waals surface area (Å²) in [6.45, 7) is 7.87. The number of halogens is 1. The topological polar surface area (TPSA) is 49.3 Å². The summed E-state index contributed by atoms with van der Waals surface area (Å²) < 4.78 is 11.9. The summed E-state index contributed by atoms with van der Waals surface area (Å²) in [5, 5.41) is 3.58. The Balaban J connectivity index is 0.00000363. The first-order valence-corrected chi connectivity index (χ1v) is 12.1. The standard InChI is InChI=1S/C25H42N4O2.HI/c1-21(28(3)19-22-9-5-4-6-10-22)12-15-27-25(26-2)29-16-13-23(14-17-29)31-20-24-11-7-8-18-30-24;/h4-6,9-10,21,23-24H,7-8,11-20H2,1-3H3,(H,26,27);1H. The van der Waals surface area contributed by atoms with Crippen molar-refractivity contribution in [1.29, 1.82) is 0 Å². The van der Waals surface area contributed by atoms with Crippen molar-refractivity contribution in [2.45, 2.75) is 70.2 Å². The Kier molecular flexibility index (Phi) is 12.9. The van der Waals surface area contributed by atoms with Gasteiger partial charge in [0, 0.05) is 45.9 Å². The number of aliphatic imine (C=N–C) groups is 1. The van der Waals surface area contributed by atoms with E-state index in [1.807, 2.05) is 7.05 Å². The monoisotopic (exact) mass is 558 g/mol. The zero-order chi connectivity index (χ0) is 21.9. The van der Waals surface area contributed by atoms with Crippen LogP contribution in [0.15, 0.2) is 35.3 Å². The molecule has 2 fully saturated rings. The van der Waals surface area contributed by atoms with Crippen molar-refractivity contribution < 1.29 is 9.47 Å². The van der Waals surface area contributed by atoms with Gasteiger partial charge in [0.15, 0.2) is 5.96 Å². The van der Waals surface area contributed by atoms with Crippen LogP contribution in [-0.4, -0.2) is 81.0 Å². The molecule has 3 rings (SSSR count). The van der Waals surface area contributed by atoms with Crippen LogP contribution in [0.1, 0.15) is 51.0 Å². The largest absolute Gasteiger partial charge is 0.376 e. The van der Waals surface area contributed by atoms with E-state index in [1.165, 1.54) is 18.4 Å². The molecular formula is C25H43IN4O2. The Morgan fingerprint density at radius 3 is 2.62 bits per heavy atom. The van der Waals surface area contributed by atoms with Crippen LogP contribution in [0.4, 0.5) is 0 Å². The summed E-state index contributed by atoms with van der Waals surface area (Å²) in [5.41, 5.74) is 1.36. The second-order valence-corrected chi connectivity index (χ2v) is 9.02. The number of nitrogens with one attached hydrogen (secondary N) is 1. The Morgan fingerprint density at radius 1 is 1.22 bits per heavy atom. The van der Waals surface area contributed by atoms with Crippen LogP contribution in [-0.2, 0) is 16.0 Å². The van der Waals surface area contributed by atoms with E-state index >= 15 is 0 Å². The minimum atomic E-state index is 0. The lowest BCUT2D eigenvalue weighted by molar-refractivity contribution is -0.0721. The van der Waals surface area contributed by atoms with Gasteiger partial charge in [0.05, 0.1) is 18.8 Å². The molecule has 0 bridgehead atoms. The number of likely N-dealkylation sites (tertiary alicyclic amines) is 1. The summed E-state index contributed by atoms with van der Waals surface area (Å²) in [4.78, 5) is 9.31. The molecule has 1 aromatic carbocycles. The summed E-state index contributed by atoms with van der Waals surface area (Å²) in [7, 11) is 4.09. The van der Waals surface area contributed by atoms with Gasteiger partial charge in [0.25, 0.3) is 0 Å². The van der Waals surface area contributed by atoms with E-state index in [9.17, 15) is 0 Å². The highest BCUT2D eigenvalue weighted by Crippen LogP contribution is 2.18. The fourth-order valence-electron chi connectivity index (χ4n) is 4.39. The molecule has 1 N–H and O–H groups in total. The fourth-order valence-corrected chi connectivity index (χ4v) is 4.39. The highest BCUT2D eigenvalue weighted by atomic mass is 127. The minimum absolute atomic E-state index is 0. The van der Waals surface area contributed by atoms with Gasteiger partial charge >= 0.3 is 0 Å². The van der Waals surface area contributed by atoms with Crippen LogP contribution in [0.2, 0.25) is 0 Å². The minimum Gasteiger partial charge on any atom is -0.376 e. The van der Waals surface area contributed by atoms with Crippen molar-refractivity contribution >= 4 is 29.9 Å². The third kappa shape index (κ3) is 9.15. The van der Waals surface area contributed by atoms with Crippen LogP contribution >= 0.6 is 24.0 Å². The molecule has 32 heavy (non-hydrogen) atoms. The maximum absolute atomic E-state index is 6.15. The summed E-state index contributed by atoms with van der Waals surface area (Å²) in [6, 6.07) is 11.2. The van der Waals surface area contributed by atoms with Crippen LogP contribution < -0.4 is 5.32 Å². The van der Waals surface area contributed by atoms with E-state index in [-0.39, 0.29) is 24.0 Å². The molecular weight excluding hydrogens is 515 g/mol. The molecule has 2 aliphatic heterocycles. The molecule has 7 heteroatoms. The number of guanidine groups is 1. The average molecular weight is 559 g/mol. The van der Waals surface area contributed by atoms with Gasteiger partial charge in [-0.1, -0.05) is 30.3 Å². The summed E-state index contributed by atoms with van der Waals surface area (Å²) in [6.07, 6.45) is 7.48. The summed E-state index contributed by atoms with van der Waals surface area (Å²) in [5.74, 6) is 1.02. The highest BCUT2D eigenvalue weighted by Gasteiger charge is 2.23. The molecule has 0 radical (unpaired) electrons. The van der Waals surface area contributed by atoms with Gasteiger partial charge in [-0.15, -0.1) is 24.0 Å². The van der Waals surface area contributed by atoms with Crippen LogP contribution in [0.3, 0.4) is 0 Å². The lowest BCUT2D eigenvalue weighted by Gasteiger charge is -2.35. The smallest absolute Gasteiger partial charge is 0.193 e. The molecule has 2 saturated heterocycles. The van der Waals surface area contributed by atoms with E-state index in [4.69, 9.17) is 9.47 Å². The second kappa shape index (κ2) is 15.1. The lowest BCUT2D eigenvalue weighted by Crippen LogP contribution is -2.48. The van der Waals surface area contributed by atoms with Gasteiger partial charge in [-0.05, 0) is 58.1 Å². The van der Waals surface area contributed by atoms with Gasteiger partial charge in [0.2, 0.25) is 0 Å². The molecule has 0 saturated carbocycles. The van der Waals surface area contributed by atoms with Crippen molar-refractivity contribution in [2.75, 3.05) is 46.9 Å². The summed E-state index contributed by atoms with van der Waals surface area (Å²) >= 11 is 0. The zero-order valence-corrected chi connectivity index (χ0v) is 22.5. The Hall–Kier alpha value is -0.900. The van der Waals surface area contributed by atoms with E-state index in [0.29, 0.717) is 18.2 Å². The Labute approximate surface area is 212 Å². The van der Waals surface area contributed by atoms with Gasteiger partial charge in [-0.3, -0.25) is 9.89 Å². The molecule has 0 amide bonds. The number of nitrogens with zero attached hydrogens (tertiary/aromatic N) is 3. The quantitative estimate of drug-likeness (QED) is 0.281. The number of rotatable bonds is 9. The second-order valence-electron chi connectivity index (χ2n) is 9.02. The fraction of sp³-hybridized carbons (Fsp3) is 0.720. The molecule has 0 aromatic heterocycles. The first kappa shape index (κ1) is 27.3. The van der Waals surface area contributed by atoms with E-state index in [1.54, 1.807) is 0 Å². The van der Waals surface area contributed by atoms with Crippen LogP contribution in [0.5, 0.6) is 0 Å². The lowest BCUT2D eigenvalue weighted by atomic mass is 10.1. The van der Waals surface area contributed by atoms with Crippen LogP contribution in [0.25, 0.3) is 0 Å². The predicted molar refractivity (Wildman–Crippen MR) is 143 cm³/mol. The van der Waals surface area contributed by atoms with E-state index in [2.05, 4.69) is 64.4 Å². The molecule has 2 unspecified atom stereocenters. The van der Waals surface area contributed by atoms with Gasteiger partial charge in [0.1, 0.15) is 0 Å². The number of hydrogen-bond donors (Lipinski definition) is 1. The third-order valence-corrected chi connectivity index (χ3v) is 6.62. The highest BCUT2D eigenvalue weighted by molar-refractivity contribution is 14.0. The number of ether oxygens (including phenoxy) is 2. The SMILES string of the molecule is CN=C(NCCC(C)N(C)Cc1ccccc1)N1CCC(OCC2CCCCO2)CC1.I. The average Bonchev–Trinajstić information content (AvgIpc) is 2.82. The maximum atomic E-state index is 6.15. The van der Waals surface area contributed by atoms with Crippen molar-refractivity contribution in [3.05, 3.63) is 35.9 Å². The van der Waals surface area contributed by atoms with Gasteiger partial charge in [-0.25, -0.2) is 0 Å². The Morgan fingerprint density at radius 2 is 1.97 bits per heavy atom. The van der Waals surface area contributed by atoms with Crippen molar-refractivity contribution in [3.8, 4) is 0 Å². The van der Waals surface area contributed by atoms with Crippen LogP contribution in [0, 0.1) is 0 Å². The number of benzene rings is 1. The molecule has 2 heterocycles. The Bertz CT molecular complexity index is 647. The van der Waals surface area contributed by atoms with Gasteiger partial charge in [-0.2, -0.15) is 0 Å². The third-order valence-electron chi connectivity index (χ3n) is 6.62.